The lowest BCUT2D eigenvalue weighted by Gasteiger charge is -2.12. The molecular weight excluding hydrogens is 379 g/mol. The zero-order valence-electron chi connectivity index (χ0n) is 13.8. The number of benzene rings is 1. The molecule has 10 heteroatoms. The Balaban J connectivity index is 1.92. The number of methoxy groups -OCH3 is 1. The number of aryl methyl sites for hydroxylation is 1. The minimum Gasteiger partial charge on any atom is -0.497 e. The van der Waals surface area contributed by atoms with E-state index in [-0.39, 0.29) is 17.3 Å². The van der Waals surface area contributed by atoms with Crippen molar-refractivity contribution < 1.29 is 9.53 Å². The Labute approximate surface area is 158 Å². The van der Waals surface area contributed by atoms with Gasteiger partial charge in [-0.2, -0.15) is 0 Å². The number of nitrogen functional groups attached to an aromatic ring is 1. The van der Waals surface area contributed by atoms with Crippen LogP contribution in [-0.2, 0) is 7.05 Å². The molecule has 0 aliphatic rings. The van der Waals surface area contributed by atoms with E-state index in [9.17, 15) is 4.79 Å². The normalized spacial score (nSPS) is 10.6. The molecule has 2 aromatic heterocycles. The first-order chi connectivity index (χ1) is 12.4. The highest BCUT2D eigenvalue weighted by atomic mass is 35.5. The fraction of sp³-hybridized carbons (Fsp3) is 0.125. The Morgan fingerprint density at radius 2 is 2.04 bits per heavy atom. The second-order valence-corrected chi connectivity index (χ2v) is 6.08. The highest BCUT2D eigenvalue weighted by Gasteiger charge is 2.16. The zero-order valence-corrected chi connectivity index (χ0v) is 15.3. The van der Waals surface area contributed by atoms with Gasteiger partial charge in [0.15, 0.2) is 0 Å². The van der Waals surface area contributed by atoms with Gasteiger partial charge in [0, 0.05) is 24.2 Å². The summed E-state index contributed by atoms with van der Waals surface area (Å²) in [7, 11) is 3.14. The average molecular weight is 393 g/mol. The van der Waals surface area contributed by atoms with E-state index >= 15 is 0 Å². The molecule has 134 valence electrons. The Kier molecular flexibility index (Phi) is 4.97. The second-order valence-electron chi connectivity index (χ2n) is 5.30. The third kappa shape index (κ3) is 3.42. The molecule has 3 N–H and O–H groups in total. The number of hydrogen-bond acceptors (Lipinski definition) is 6. The molecular formula is C16H14Cl2N6O2. The quantitative estimate of drug-likeness (QED) is 0.706. The molecule has 0 saturated carbocycles. The molecule has 0 atom stereocenters. The van der Waals surface area contributed by atoms with E-state index in [4.69, 9.17) is 33.7 Å². The van der Waals surface area contributed by atoms with Crippen LogP contribution in [0, 0.1) is 0 Å². The van der Waals surface area contributed by atoms with Gasteiger partial charge in [0.1, 0.15) is 23.1 Å². The molecule has 26 heavy (non-hydrogen) atoms. The van der Waals surface area contributed by atoms with Gasteiger partial charge in [0.25, 0.3) is 5.91 Å². The lowest BCUT2D eigenvalue weighted by Crippen LogP contribution is -2.17. The molecule has 0 saturated heterocycles. The van der Waals surface area contributed by atoms with Crippen LogP contribution >= 0.6 is 23.2 Å². The molecule has 0 aliphatic heterocycles. The van der Waals surface area contributed by atoms with Crippen LogP contribution in [0.3, 0.4) is 0 Å². The smallest absolute Gasteiger partial charge is 0.276 e. The van der Waals surface area contributed by atoms with Crippen molar-refractivity contribution in [3.63, 3.8) is 0 Å². The summed E-state index contributed by atoms with van der Waals surface area (Å²) in [6.45, 7) is 0. The highest BCUT2D eigenvalue weighted by molar-refractivity contribution is 6.44. The van der Waals surface area contributed by atoms with Gasteiger partial charge < -0.3 is 15.8 Å². The van der Waals surface area contributed by atoms with E-state index < -0.39 is 5.91 Å². The second kappa shape index (κ2) is 7.19. The van der Waals surface area contributed by atoms with Gasteiger partial charge in [0.05, 0.1) is 23.4 Å². The third-order valence-electron chi connectivity index (χ3n) is 3.64. The molecule has 3 rings (SSSR count). The number of ether oxygens (including phenoxy) is 1. The van der Waals surface area contributed by atoms with Crippen LogP contribution in [0.25, 0.3) is 11.1 Å². The third-order valence-corrected chi connectivity index (χ3v) is 4.44. The summed E-state index contributed by atoms with van der Waals surface area (Å²) in [4.78, 5) is 16.4. The molecule has 0 spiro atoms. The molecule has 0 aliphatic carbocycles. The first-order valence-electron chi connectivity index (χ1n) is 7.36. The molecule has 0 fully saturated rings. The van der Waals surface area contributed by atoms with Crippen molar-refractivity contribution in [2.24, 2.45) is 7.05 Å². The molecule has 1 aromatic carbocycles. The van der Waals surface area contributed by atoms with Crippen LogP contribution in [0.5, 0.6) is 5.75 Å². The monoisotopic (exact) mass is 392 g/mol. The van der Waals surface area contributed by atoms with E-state index in [2.05, 4.69) is 20.6 Å². The topological polar surface area (TPSA) is 108 Å². The minimum absolute atomic E-state index is 0.178. The van der Waals surface area contributed by atoms with Crippen LogP contribution in [-0.4, -0.2) is 33.0 Å². The zero-order chi connectivity index (χ0) is 18.8. The summed E-state index contributed by atoms with van der Waals surface area (Å²) in [6.07, 6.45) is 1.35. The number of nitrogens with two attached hydrogens (primary N) is 1. The first-order valence-corrected chi connectivity index (χ1v) is 8.12. The Bertz CT molecular complexity index is 989. The maximum Gasteiger partial charge on any atom is 0.276 e. The van der Waals surface area contributed by atoms with E-state index in [1.807, 2.05) is 0 Å². The van der Waals surface area contributed by atoms with Crippen molar-refractivity contribution >= 4 is 40.7 Å². The van der Waals surface area contributed by atoms with Crippen molar-refractivity contribution in [3.8, 4) is 16.9 Å². The maximum absolute atomic E-state index is 12.2. The number of aromatic nitrogens is 4. The molecule has 1 amide bonds. The largest absolute Gasteiger partial charge is 0.497 e. The fourth-order valence-corrected chi connectivity index (χ4v) is 2.75. The number of carbonyl (C=O) groups excluding carboxylic acids is 1. The summed E-state index contributed by atoms with van der Waals surface area (Å²) >= 11 is 12.4. The Hall–Kier alpha value is -2.84. The van der Waals surface area contributed by atoms with Gasteiger partial charge >= 0.3 is 0 Å². The number of amides is 1. The number of carbonyl (C=O) groups is 1. The van der Waals surface area contributed by atoms with E-state index in [1.54, 1.807) is 31.3 Å². The van der Waals surface area contributed by atoms with Crippen molar-refractivity contribution in [1.29, 1.82) is 0 Å². The Morgan fingerprint density at radius 3 is 2.65 bits per heavy atom. The first kappa shape index (κ1) is 18.0. The van der Waals surface area contributed by atoms with Crippen molar-refractivity contribution in [2.45, 2.75) is 0 Å². The van der Waals surface area contributed by atoms with Gasteiger partial charge in [-0.05, 0) is 18.2 Å². The molecule has 3 aromatic rings. The number of hydrogen-bond donors (Lipinski definition) is 2. The van der Waals surface area contributed by atoms with Gasteiger partial charge in [0.2, 0.25) is 0 Å². The molecule has 2 heterocycles. The predicted octanol–water partition coefficient (Wildman–Crippen LogP) is 3.03. The summed E-state index contributed by atoms with van der Waals surface area (Å²) in [6, 6.07) is 6.61. The fourth-order valence-electron chi connectivity index (χ4n) is 2.33. The van der Waals surface area contributed by atoms with Gasteiger partial charge in [-0.1, -0.05) is 28.4 Å². The molecule has 8 nitrogen and oxygen atoms in total. The van der Waals surface area contributed by atoms with Crippen LogP contribution in [0.1, 0.15) is 10.5 Å². The summed E-state index contributed by atoms with van der Waals surface area (Å²) in [5.41, 5.74) is 7.49. The average Bonchev–Trinajstić information content (AvgIpc) is 3.04. The number of pyridine rings is 1. The lowest BCUT2D eigenvalue weighted by molar-refractivity contribution is 0.101. The number of rotatable bonds is 4. The summed E-state index contributed by atoms with van der Waals surface area (Å²) in [5.74, 6) is 0.592. The van der Waals surface area contributed by atoms with Crippen molar-refractivity contribution in [1.82, 2.24) is 20.0 Å². The van der Waals surface area contributed by atoms with E-state index in [0.29, 0.717) is 26.9 Å². The van der Waals surface area contributed by atoms with Gasteiger partial charge in [-0.15, -0.1) is 5.10 Å². The lowest BCUT2D eigenvalue weighted by atomic mass is 10.1. The number of nitrogens with one attached hydrogen (secondary N) is 1. The van der Waals surface area contributed by atoms with Crippen molar-refractivity contribution in [3.05, 3.63) is 46.2 Å². The molecule has 0 radical (unpaired) electrons. The van der Waals surface area contributed by atoms with Gasteiger partial charge in [-0.25, -0.2) is 9.67 Å². The van der Waals surface area contributed by atoms with Gasteiger partial charge in [-0.3, -0.25) is 4.79 Å². The van der Waals surface area contributed by atoms with Crippen LogP contribution in [0.15, 0.2) is 30.5 Å². The Morgan fingerprint density at radius 1 is 1.27 bits per heavy atom. The summed E-state index contributed by atoms with van der Waals surface area (Å²) < 4.78 is 6.56. The SMILES string of the molecule is COc1cc(Cl)c(Cl)c(-c2ccc(NC(=O)c3cnnn3C)nc2N)c1. The van der Waals surface area contributed by atoms with Crippen LogP contribution < -0.4 is 15.8 Å². The predicted molar refractivity (Wildman–Crippen MR) is 99.6 cm³/mol. The van der Waals surface area contributed by atoms with E-state index in [0.717, 1.165) is 0 Å². The number of halogens is 2. The number of anilines is 2. The molecule has 0 bridgehead atoms. The highest BCUT2D eigenvalue weighted by Crippen LogP contribution is 2.39. The number of nitrogens with zero attached hydrogens (tertiary/aromatic N) is 4. The maximum atomic E-state index is 12.2. The van der Waals surface area contributed by atoms with Crippen LogP contribution in [0.4, 0.5) is 11.6 Å². The minimum atomic E-state index is -0.403. The van der Waals surface area contributed by atoms with Crippen molar-refractivity contribution in [2.75, 3.05) is 18.2 Å². The van der Waals surface area contributed by atoms with E-state index in [1.165, 1.54) is 18.0 Å². The standard InChI is InChI=1S/C16H14Cl2N6O2/c1-24-12(7-20-23-24)16(25)22-13-4-3-9(15(19)21-13)10-5-8(26-2)6-11(17)14(10)18/h3-7H,1-2H3,(H3,19,21,22,25). The van der Waals surface area contributed by atoms with Crippen LogP contribution in [0.2, 0.25) is 10.0 Å². The molecule has 0 unspecified atom stereocenters. The summed E-state index contributed by atoms with van der Waals surface area (Å²) in [5, 5.41) is 10.7.